The molecule has 0 aromatic heterocycles. The van der Waals surface area contributed by atoms with Crippen LogP contribution in [0.15, 0.2) is 0 Å². The van der Waals surface area contributed by atoms with Crippen molar-refractivity contribution in [2.24, 2.45) is 0 Å². The molecule has 0 bridgehead atoms. The summed E-state index contributed by atoms with van der Waals surface area (Å²) in [7, 11) is 2.01. The second-order valence-electron chi connectivity index (χ2n) is 3.15. The zero-order valence-corrected chi connectivity index (χ0v) is 7.15. The number of halogens is 1. The summed E-state index contributed by atoms with van der Waals surface area (Å²) in [5.41, 5.74) is 0. The summed E-state index contributed by atoms with van der Waals surface area (Å²) in [4.78, 5) is 2.13. The van der Waals surface area contributed by atoms with E-state index in [1.807, 2.05) is 7.05 Å². The molecule has 1 rings (SSSR count). The monoisotopic (exact) mass is 160 g/mol. The third-order valence-electron chi connectivity index (χ3n) is 2.37. The molecule has 11 heavy (non-hydrogen) atoms. The highest BCUT2D eigenvalue weighted by molar-refractivity contribution is 4.75. The molecule has 0 radical (unpaired) electrons. The van der Waals surface area contributed by atoms with Crippen molar-refractivity contribution in [2.45, 2.75) is 18.9 Å². The molecule has 1 aliphatic heterocycles. The minimum absolute atomic E-state index is 0.222. The first kappa shape index (κ1) is 8.94. The predicted octanol–water partition coefficient (Wildman–Crippen LogP) is 0.640. The van der Waals surface area contributed by atoms with Gasteiger partial charge in [0.2, 0.25) is 0 Å². The lowest BCUT2D eigenvalue weighted by Crippen LogP contribution is -2.41. The van der Waals surface area contributed by atoms with Gasteiger partial charge in [-0.25, -0.2) is 4.39 Å². The van der Waals surface area contributed by atoms with E-state index in [0.29, 0.717) is 12.6 Å². The molecule has 0 aromatic rings. The van der Waals surface area contributed by atoms with Crippen molar-refractivity contribution in [1.29, 1.82) is 0 Å². The van der Waals surface area contributed by atoms with Crippen molar-refractivity contribution in [3.8, 4) is 0 Å². The van der Waals surface area contributed by atoms with Gasteiger partial charge in [0.25, 0.3) is 0 Å². The van der Waals surface area contributed by atoms with Crippen LogP contribution in [0.4, 0.5) is 4.39 Å². The predicted molar refractivity (Wildman–Crippen MR) is 44.5 cm³/mol. The molecule has 0 aromatic carbocycles. The fraction of sp³-hybridized carbons (Fsp3) is 1.00. The molecule has 1 fully saturated rings. The Morgan fingerprint density at radius 2 is 2.09 bits per heavy atom. The summed E-state index contributed by atoms with van der Waals surface area (Å²) in [6, 6.07) is 0.604. The van der Waals surface area contributed by atoms with E-state index < -0.39 is 0 Å². The minimum Gasteiger partial charge on any atom is -0.317 e. The number of alkyl halides is 1. The van der Waals surface area contributed by atoms with Gasteiger partial charge in [-0.1, -0.05) is 0 Å². The van der Waals surface area contributed by atoms with Crippen molar-refractivity contribution in [3.05, 3.63) is 0 Å². The average molecular weight is 160 g/mol. The van der Waals surface area contributed by atoms with Crippen LogP contribution in [-0.4, -0.2) is 44.3 Å². The van der Waals surface area contributed by atoms with Gasteiger partial charge < -0.3 is 10.2 Å². The maximum Gasteiger partial charge on any atom is 0.102 e. The third-order valence-corrected chi connectivity index (χ3v) is 2.37. The average Bonchev–Trinajstić information content (AvgIpc) is 2.07. The van der Waals surface area contributed by atoms with E-state index in [9.17, 15) is 4.39 Å². The first-order chi connectivity index (χ1) is 5.34. The molecule has 0 aliphatic carbocycles. The van der Waals surface area contributed by atoms with E-state index in [1.165, 1.54) is 0 Å². The summed E-state index contributed by atoms with van der Waals surface area (Å²) in [5.74, 6) is 0. The molecule has 0 atom stereocenters. The highest BCUT2D eigenvalue weighted by Gasteiger charge is 2.16. The quantitative estimate of drug-likeness (QED) is 0.651. The maximum absolute atomic E-state index is 11.9. The number of rotatable bonds is 3. The smallest absolute Gasteiger partial charge is 0.102 e. The van der Waals surface area contributed by atoms with Crippen LogP contribution in [-0.2, 0) is 0 Å². The van der Waals surface area contributed by atoms with E-state index in [4.69, 9.17) is 0 Å². The second kappa shape index (κ2) is 4.67. The zero-order valence-electron chi connectivity index (χ0n) is 7.15. The summed E-state index contributed by atoms with van der Waals surface area (Å²) < 4.78 is 11.9. The Labute approximate surface area is 67.8 Å². The number of nitrogens with zero attached hydrogens (tertiary/aromatic N) is 1. The Morgan fingerprint density at radius 3 is 2.64 bits per heavy atom. The Balaban J connectivity index is 2.21. The number of nitrogens with one attached hydrogen (secondary N) is 1. The maximum atomic E-state index is 11.9. The Bertz CT molecular complexity index is 102. The summed E-state index contributed by atoms with van der Waals surface area (Å²) >= 11 is 0. The van der Waals surface area contributed by atoms with Gasteiger partial charge in [0.15, 0.2) is 0 Å². The molecule has 66 valence electrons. The fourth-order valence-electron chi connectivity index (χ4n) is 1.56. The van der Waals surface area contributed by atoms with E-state index in [2.05, 4.69) is 10.2 Å². The SMILES string of the molecule is CN(CCF)C1CCNCC1. The van der Waals surface area contributed by atoms with Crippen molar-refractivity contribution in [2.75, 3.05) is 33.4 Å². The first-order valence-electron chi connectivity index (χ1n) is 4.31. The normalized spacial score (nSPS) is 21.0. The lowest BCUT2D eigenvalue weighted by molar-refractivity contribution is 0.185. The Kier molecular flexibility index (Phi) is 3.80. The number of hydrogen-bond acceptors (Lipinski definition) is 2. The Morgan fingerprint density at radius 1 is 1.45 bits per heavy atom. The molecule has 1 heterocycles. The first-order valence-corrected chi connectivity index (χ1v) is 4.31. The topological polar surface area (TPSA) is 15.3 Å². The van der Waals surface area contributed by atoms with E-state index in [-0.39, 0.29) is 6.67 Å². The van der Waals surface area contributed by atoms with E-state index in [1.54, 1.807) is 0 Å². The highest BCUT2D eigenvalue weighted by Crippen LogP contribution is 2.08. The Hall–Kier alpha value is -0.150. The highest BCUT2D eigenvalue weighted by atomic mass is 19.1. The van der Waals surface area contributed by atoms with Gasteiger partial charge >= 0.3 is 0 Å². The van der Waals surface area contributed by atoms with E-state index >= 15 is 0 Å². The van der Waals surface area contributed by atoms with Gasteiger partial charge in [0.1, 0.15) is 6.67 Å². The van der Waals surface area contributed by atoms with Crippen molar-refractivity contribution in [3.63, 3.8) is 0 Å². The van der Waals surface area contributed by atoms with Gasteiger partial charge in [-0.15, -0.1) is 0 Å². The summed E-state index contributed by atoms with van der Waals surface area (Å²) in [6.07, 6.45) is 2.33. The number of hydrogen-bond donors (Lipinski definition) is 1. The van der Waals surface area contributed by atoms with Crippen LogP contribution in [0.25, 0.3) is 0 Å². The molecule has 3 heteroatoms. The van der Waals surface area contributed by atoms with Crippen LogP contribution in [0.5, 0.6) is 0 Å². The number of piperidine rings is 1. The van der Waals surface area contributed by atoms with Gasteiger partial charge in [0.05, 0.1) is 0 Å². The van der Waals surface area contributed by atoms with Crippen LogP contribution in [0, 0.1) is 0 Å². The van der Waals surface area contributed by atoms with Gasteiger partial charge in [-0.3, -0.25) is 0 Å². The molecule has 0 amide bonds. The van der Waals surface area contributed by atoms with Crippen LogP contribution < -0.4 is 5.32 Å². The van der Waals surface area contributed by atoms with Gasteiger partial charge in [-0.2, -0.15) is 0 Å². The molecule has 2 nitrogen and oxygen atoms in total. The van der Waals surface area contributed by atoms with Crippen LogP contribution in [0.3, 0.4) is 0 Å². The second-order valence-corrected chi connectivity index (χ2v) is 3.15. The van der Waals surface area contributed by atoms with Crippen molar-refractivity contribution >= 4 is 0 Å². The van der Waals surface area contributed by atoms with Gasteiger partial charge in [0, 0.05) is 12.6 Å². The van der Waals surface area contributed by atoms with E-state index in [0.717, 1.165) is 25.9 Å². The third kappa shape index (κ3) is 2.75. The molecule has 0 unspecified atom stereocenters. The molecule has 1 N–H and O–H groups in total. The molecular weight excluding hydrogens is 143 g/mol. The van der Waals surface area contributed by atoms with Crippen LogP contribution in [0.1, 0.15) is 12.8 Å². The standard InChI is InChI=1S/C8H17FN2/c1-11(7-4-9)8-2-5-10-6-3-8/h8,10H,2-7H2,1H3. The lowest BCUT2D eigenvalue weighted by Gasteiger charge is -2.30. The minimum atomic E-state index is -0.222. The molecule has 1 saturated heterocycles. The molecular formula is C8H17FN2. The molecule has 0 saturated carbocycles. The lowest BCUT2D eigenvalue weighted by atomic mass is 10.1. The van der Waals surface area contributed by atoms with Crippen LogP contribution in [0.2, 0.25) is 0 Å². The molecule has 1 aliphatic rings. The van der Waals surface area contributed by atoms with Crippen molar-refractivity contribution < 1.29 is 4.39 Å². The summed E-state index contributed by atoms with van der Waals surface area (Å²) in [5, 5.41) is 3.29. The largest absolute Gasteiger partial charge is 0.317 e. The van der Waals surface area contributed by atoms with Crippen LogP contribution >= 0.6 is 0 Å². The van der Waals surface area contributed by atoms with Gasteiger partial charge in [-0.05, 0) is 33.0 Å². The molecule has 0 spiro atoms. The summed E-state index contributed by atoms with van der Waals surface area (Å²) in [6.45, 7) is 2.54. The fourth-order valence-corrected chi connectivity index (χ4v) is 1.56. The zero-order chi connectivity index (χ0) is 8.10. The van der Waals surface area contributed by atoms with Crippen molar-refractivity contribution in [1.82, 2.24) is 10.2 Å².